The number of carbonyl (C=O) groups is 1. The Morgan fingerprint density at radius 2 is 2.08 bits per heavy atom. The molecule has 0 spiro atoms. The molecule has 0 aliphatic heterocycles. The molecule has 198 valence electrons. The lowest BCUT2D eigenvalue weighted by molar-refractivity contribution is 0.144. The van der Waals surface area contributed by atoms with E-state index in [4.69, 9.17) is 32.7 Å². The lowest BCUT2D eigenvalue weighted by atomic mass is 9.76. The average molecular weight is 583 g/mol. The molecule has 0 radical (unpaired) electrons. The second-order valence-corrected chi connectivity index (χ2v) is 11.2. The number of fused-ring (bicyclic) bond motifs is 1. The highest BCUT2D eigenvalue weighted by Crippen LogP contribution is 2.38. The highest BCUT2D eigenvalue weighted by Gasteiger charge is 2.32. The van der Waals surface area contributed by atoms with Gasteiger partial charge in [-0.05, 0) is 84.7 Å². The molecule has 4 rings (SSSR count). The van der Waals surface area contributed by atoms with Gasteiger partial charge in [-0.25, -0.2) is 4.79 Å². The van der Waals surface area contributed by atoms with Crippen LogP contribution in [0, 0.1) is 0 Å². The number of alkyl carbamates (subject to hydrolysis) is 1. The van der Waals surface area contributed by atoms with E-state index in [2.05, 4.69) is 5.32 Å². The summed E-state index contributed by atoms with van der Waals surface area (Å²) < 4.78 is 35.8. The molecule has 1 aliphatic rings. The fourth-order valence-corrected chi connectivity index (χ4v) is 6.45. The fraction of sp³-hybridized carbons (Fsp3) is 0.346. The second-order valence-electron chi connectivity index (χ2n) is 8.54. The van der Waals surface area contributed by atoms with E-state index in [1.165, 1.54) is 21.2 Å². The van der Waals surface area contributed by atoms with Crippen molar-refractivity contribution >= 4 is 56.9 Å². The molecule has 7 nitrogen and oxygen atoms in total. The molecule has 0 saturated heterocycles. The summed E-state index contributed by atoms with van der Waals surface area (Å²) in [5, 5.41) is 6.61. The van der Waals surface area contributed by atoms with Gasteiger partial charge in [0.25, 0.3) is 0 Å². The Labute approximate surface area is 233 Å². The highest BCUT2D eigenvalue weighted by molar-refractivity contribution is 7.80. The number of hydrogen-bond acceptors (Lipinski definition) is 6. The van der Waals surface area contributed by atoms with Gasteiger partial charge in [-0.15, -0.1) is 11.3 Å². The zero-order chi connectivity index (χ0) is 26.4. The van der Waals surface area contributed by atoms with E-state index in [9.17, 15) is 13.6 Å². The van der Waals surface area contributed by atoms with Crippen LogP contribution in [-0.4, -0.2) is 40.7 Å². The summed E-state index contributed by atoms with van der Waals surface area (Å²) in [5.41, 5.74) is 3.15. The minimum Gasteiger partial charge on any atom is -0.755 e. The Bertz CT molecular complexity index is 1240. The first-order valence-corrected chi connectivity index (χ1v) is 14.6. The Kier molecular flexibility index (Phi) is 9.72. The van der Waals surface area contributed by atoms with Crippen molar-refractivity contribution in [2.24, 2.45) is 0 Å². The zero-order valence-corrected chi connectivity index (χ0v) is 23.3. The average Bonchev–Trinajstić information content (AvgIpc) is 3.39. The van der Waals surface area contributed by atoms with E-state index < -0.39 is 17.4 Å². The largest absolute Gasteiger partial charge is 0.755 e. The zero-order valence-electron chi connectivity index (χ0n) is 20.2. The smallest absolute Gasteiger partial charge is 0.407 e. The summed E-state index contributed by atoms with van der Waals surface area (Å²) in [6.07, 6.45) is 1.69. The number of halogens is 2. The summed E-state index contributed by atoms with van der Waals surface area (Å²) in [4.78, 5) is 12.3. The molecule has 0 bridgehead atoms. The molecule has 2 aromatic carbocycles. The van der Waals surface area contributed by atoms with Crippen molar-refractivity contribution in [1.29, 1.82) is 0 Å². The van der Waals surface area contributed by atoms with Gasteiger partial charge in [0.15, 0.2) is 0 Å². The molecule has 11 heteroatoms. The predicted molar refractivity (Wildman–Crippen MR) is 148 cm³/mol. The molecule has 3 unspecified atom stereocenters. The SMILES string of the molecule is CCOC(=O)NC1CCc2ccc(OCCN(c3cccs3)S(=O)[O-])cc2C1Cc1ccc(Cl)cc1Cl. The number of rotatable bonds is 10. The monoisotopic (exact) mass is 581 g/mol. The van der Waals surface area contributed by atoms with Gasteiger partial charge in [-0.3, -0.25) is 8.51 Å². The Balaban J connectivity index is 1.55. The maximum atomic E-state index is 12.3. The van der Waals surface area contributed by atoms with E-state index in [1.54, 1.807) is 31.2 Å². The van der Waals surface area contributed by atoms with Crippen molar-refractivity contribution in [3.05, 3.63) is 80.6 Å². The van der Waals surface area contributed by atoms with Gasteiger partial charge < -0.3 is 19.3 Å². The standard InChI is InChI=1S/C26H28Cl2N2O5S2/c1-2-34-26(31)29-24-10-7-17-6-9-20(35-12-11-30(37(32)33)25-4-3-13-36-25)16-21(17)22(24)14-18-5-8-19(27)15-23(18)28/h3-6,8-9,13,15-16,22,24H,2,7,10-12,14H2,1H3,(H,29,31)(H,32,33)/p-1. The summed E-state index contributed by atoms with van der Waals surface area (Å²) in [5.74, 6) is 0.553. The third-order valence-electron chi connectivity index (χ3n) is 6.26. The molecule has 1 aliphatic carbocycles. The lowest BCUT2D eigenvalue weighted by Crippen LogP contribution is -2.43. The van der Waals surface area contributed by atoms with Gasteiger partial charge in [0.2, 0.25) is 0 Å². The van der Waals surface area contributed by atoms with Crippen LogP contribution >= 0.6 is 34.5 Å². The van der Waals surface area contributed by atoms with Crippen LogP contribution in [0.25, 0.3) is 0 Å². The van der Waals surface area contributed by atoms with E-state index >= 15 is 0 Å². The lowest BCUT2D eigenvalue weighted by Gasteiger charge is -2.34. The van der Waals surface area contributed by atoms with Crippen molar-refractivity contribution in [2.45, 2.75) is 38.1 Å². The minimum atomic E-state index is -2.40. The summed E-state index contributed by atoms with van der Waals surface area (Å²) in [6, 6.07) is 14.7. The molecule has 1 amide bonds. The number of hydrogen-bond donors (Lipinski definition) is 1. The van der Waals surface area contributed by atoms with Crippen LogP contribution < -0.4 is 14.4 Å². The Morgan fingerprint density at radius 3 is 2.78 bits per heavy atom. The van der Waals surface area contributed by atoms with Crippen molar-refractivity contribution in [1.82, 2.24) is 5.32 Å². The summed E-state index contributed by atoms with van der Waals surface area (Å²) in [7, 11) is 0. The van der Waals surface area contributed by atoms with E-state index in [0.717, 1.165) is 24.0 Å². The topological polar surface area (TPSA) is 90.9 Å². The minimum absolute atomic E-state index is 0.0767. The first-order chi connectivity index (χ1) is 17.9. The van der Waals surface area contributed by atoms with Crippen LogP contribution in [0.1, 0.15) is 36.0 Å². The molecule has 1 N–H and O–H groups in total. The number of anilines is 1. The van der Waals surface area contributed by atoms with Crippen LogP contribution in [0.5, 0.6) is 5.75 Å². The summed E-state index contributed by atoms with van der Waals surface area (Å²) >= 11 is 11.6. The quantitative estimate of drug-likeness (QED) is 0.291. The first-order valence-electron chi connectivity index (χ1n) is 11.9. The molecular formula is C26H27Cl2N2O5S2-. The Hall–Kier alpha value is -2.30. The number of benzene rings is 2. The van der Waals surface area contributed by atoms with Crippen molar-refractivity contribution < 1.29 is 23.0 Å². The van der Waals surface area contributed by atoms with Gasteiger partial charge in [0.1, 0.15) is 17.4 Å². The fourth-order valence-electron chi connectivity index (χ4n) is 4.55. The number of nitrogens with zero attached hydrogens (tertiary/aromatic N) is 1. The molecular weight excluding hydrogens is 555 g/mol. The Morgan fingerprint density at radius 1 is 1.24 bits per heavy atom. The van der Waals surface area contributed by atoms with E-state index in [1.807, 2.05) is 29.6 Å². The van der Waals surface area contributed by atoms with Gasteiger partial charge in [0, 0.05) is 33.3 Å². The number of ether oxygens (including phenoxy) is 2. The number of amides is 1. The van der Waals surface area contributed by atoms with Crippen molar-refractivity contribution in [3.63, 3.8) is 0 Å². The number of carbonyl (C=O) groups excluding carboxylic acids is 1. The van der Waals surface area contributed by atoms with Crippen LogP contribution in [0.4, 0.5) is 9.80 Å². The van der Waals surface area contributed by atoms with Crippen LogP contribution in [-0.2, 0) is 28.8 Å². The second kappa shape index (κ2) is 13.0. The van der Waals surface area contributed by atoms with Gasteiger partial charge in [0.05, 0.1) is 13.2 Å². The predicted octanol–water partition coefficient (Wildman–Crippen LogP) is 6.12. The van der Waals surface area contributed by atoms with Gasteiger partial charge >= 0.3 is 6.09 Å². The van der Waals surface area contributed by atoms with E-state index in [0.29, 0.717) is 27.2 Å². The van der Waals surface area contributed by atoms with E-state index in [-0.39, 0.29) is 31.7 Å². The van der Waals surface area contributed by atoms with Crippen LogP contribution in [0.2, 0.25) is 10.0 Å². The molecule has 1 heterocycles. The third kappa shape index (κ3) is 7.18. The van der Waals surface area contributed by atoms with Gasteiger partial charge in [-0.1, -0.05) is 35.3 Å². The molecule has 3 atom stereocenters. The molecule has 37 heavy (non-hydrogen) atoms. The molecule has 0 fully saturated rings. The van der Waals surface area contributed by atoms with Crippen LogP contribution in [0.15, 0.2) is 53.9 Å². The summed E-state index contributed by atoms with van der Waals surface area (Å²) in [6.45, 7) is 2.43. The molecule has 1 aromatic heterocycles. The molecule has 0 saturated carbocycles. The normalized spacial score (nSPS) is 17.5. The maximum Gasteiger partial charge on any atom is 0.407 e. The number of nitrogens with one attached hydrogen (secondary N) is 1. The van der Waals surface area contributed by atoms with Gasteiger partial charge in [-0.2, -0.15) is 0 Å². The molecule has 3 aromatic rings. The van der Waals surface area contributed by atoms with Crippen molar-refractivity contribution in [3.8, 4) is 5.75 Å². The highest BCUT2D eigenvalue weighted by atomic mass is 35.5. The number of aryl methyl sites for hydroxylation is 1. The van der Waals surface area contributed by atoms with Crippen molar-refractivity contribution in [2.75, 3.05) is 24.1 Å². The maximum absolute atomic E-state index is 12.3. The third-order valence-corrected chi connectivity index (χ3v) is 8.59. The first kappa shape index (κ1) is 27.7. The van der Waals surface area contributed by atoms with Crippen LogP contribution in [0.3, 0.4) is 0 Å². The number of thiophene rings is 1.